The highest BCUT2D eigenvalue weighted by molar-refractivity contribution is 5.76. The second-order valence-electron chi connectivity index (χ2n) is 21.4. The molecule has 6 nitrogen and oxygen atoms in total. The Kier molecular flexibility index (Phi) is 58.5. The standard InChI is InChI=1S/C65H121NO5/c1-3-5-7-9-11-13-15-17-19-21-23-24-25-26-28-29-31-33-37-41-45-49-53-57-63(68)62(61-67)66-64(69)58-54-50-46-42-38-35-36-40-44-48-52-56-60-71-65(70)59-55-51-47-43-39-34-32-30-27-22-20-18-16-14-12-10-8-6-4-2/h12,14,18,20,36,40,53,57,62-63,67-68H,3-11,13,15-17,19,21-35,37-39,41-52,54-56,58-61H2,1-2H3,(H,66,69)/b14-12-,20-18-,40-36-,57-53+. The molecule has 0 saturated carbocycles. The fourth-order valence-electron chi connectivity index (χ4n) is 9.48. The molecule has 0 heterocycles. The van der Waals surface area contributed by atoms with Crippen LogP contribution in [0.5, 0.6) is 0 Å². The number of rotatable bonds is 58. The van der Waals surface area contributed by atoms with E-state index in [0.29, 0.717) is 19.4 Å². The summed E-state index contributed by atoms with van der Waals surface area (Å²) in [5.74, 6) is -0.120. The number of carbonyl (C=O) groups is 2. The molecule has 0 aliphatic rings. The summed E-state index contributed by atoms with van der Waals surface area (Å²) < 4.78 is 5.47. The molecule has 0 bridgehead atoms. The average molecular weight is 997 g/mol. The maximum atomic E-state index is 12.5. The molecule has 71 heavy (non-hydrogen) atoms. The van der Waals surface area contributed by atoms with Crippen LogP contribution in [0, 0.1) is 0 Å². The topological polar surface area (TPSA) is 95.9 Å². The predicted octanol–water partition coefficient (Wildman–Crippen LogP) is 19.7. The molecule has 0 spiro atoms. The molecule has 6 heteroatoms. The van der Waals surface area contributed by atoms with Crippen LogP contribution in [-0.4, -0.2) is 47.4 Å². The normalized spacial score (nSPS) is 12.9. The molecule has 0 radical (unpaired) electrons. The highest BCUT2D eigenvalue weighted by Gasteiger charge is 2.18. The number of amides is 1. The van der Waals surface area contributed by atoms with Gasteiger partial charge >= 0.3 is 5.97 Å². The van der Waals surface area contributed by atoms with Gasteiger partial charge in [-0.1, -0.05) is 268 Å². The van der Waals surface area contributed by atoms with Gasteiger partial charge in [-0.2, -0.15) is 0 Å². The largest absolute Gasteiger partial charge is 0.466 e. The lowest BCUT2D eigenvalue weighted by Gasteiger charge is -2.20. The van der Waals surface area contributed by atoms with Gasteiger partial charge in [-0.05, 0) is 96.3 Å². The van der Waals surface area contributed by atoms with E-state index in [1.165, 1.54) is 212 Å². The molecule has 0 aromatic carbocycles. The zero-order chi connectivity index (χ0) is 51.4. The first kappa shape index (κ1) is 68.8. The Morgan fingerprint density at radius 3 is 1.11 bits per heavy atom. The number of esters is 1. The molecule has 2 unspecified atom stereocenters. The maximum Gasteiger partial charge on any atom is 0.305 e. The van der Waals surface area contributed by atoms with E-state index in [2.05, 4.69) is 55.6 Å². The van der Waals surface area contributed by atoms with Crippen LogP contribution in [0.2, 0.25) is 0 Å². The Morgan fingerprint density at radius 1 is 0.394 bits per heavy atom. The molecule has 3 N–H and O–H groups in total. The number of ether oxygens (including phenoxy) is 1. The van der Waals surface area contributed by atoms with Crippen molar-refractivity contribution in [3.05, 3.63) is 48.6 Å². The average Bonchev–Trinajstić information content (AvgIpc) is 3.37. The molecule has 0 saturated heterocycles. The van der Waals surface area contributed by atoms with E-state index in [1.807, 2.05) is 6.08 Å². The summed E-state index contributed by atoms with van der Waals surface area (Å²) in [4.78, 5) is 24.6. The molecular weight excluding hydrogens is 875 g/mol. The summed E-state index contributed by atoms with van der Waals surface area (Å²) in [6.45, 7) is 4.83. The number of nitrogens with one attached hydrogen (secondary N) is 1. The van der Waals surface area contributed by atoms with Crippen LogP contribution < -0.4 is 5.32 Å². The summed E-state index contributed by atoms with van der Waals surface area (Å²) >= 11 is 0. The first-order valence-electron chi connectivity index (χ1n) is 31.4. The van der Waals surface area contributed by atoms with Gasteiger partial charge < -0.3 is 20.3 Å². The van der Waals surface area contributed by atoms with Gasteiger partial charge in [0.25, 0.3) is 0 Å². The summed E-state index contributed by atoms with van der Waals surface area (Å²) in [5.41, 5.74) is 0. The molecular formula is C65H121NO5. The maximum absolute atomic E-state index is 12.5. The smallest absolute Gasteiger partial charge is 0.305 e. The number of aliphatic hydroxyl groups excluding tert-OH is 2. The Hall–Kier alpha value is -2.18. The van der Waals surface area contributed by atoms with E-state index in [4.69, 9.17) is 4.74 Å². The van der Waals surface area contributed by atoms with Crippen molar-refractivity contribution in [3.63, 3.8) is 0 Å². The van der Waals surface area contributed by atoms with Crippen molar-refractivity contribution in [2.24, 2.45) is 0 Å². The van der Waals surface area contributed by atoms with Crippen molar-refractivity contribution in [1.29, 1.82) is 0 Å². The van der Waals surface area contributed by atoms with Gasteiger partial charge in [0.05, 0.1) is 25.4 Å². The van der Waals surface area contributed by atoms with Crippen LogP contribution in [0.1, 0.15) is 328 Å². The van der Waals surface area contributed by atoms with Gasteiger partial charge in [-0.15, -0.1) is 0 Å². The molecule has 0 aromatic heterocycles. The fraction of sp³-hybridized carbons (Fsp3) is 0.846. The quantitative estimate of drug-likeness (QED) is 0.0321. The molecule has 416 valence electrons. The predicted molar refractivity (Wildman–Crippen MR) is 310 cm³/mol. The monoisotopic (exact) mass is 996 g/mol. The van der Waals surface area contributed by atoms with Gasteiger partial charge in [0.2, 0.25) is 5.91 Å². The Morgan fingerprint density at radius 2 is 0.704 bits per heavy atom. The molecule has 0 aromatic rings. The molecule has 0 fully saturated rings. The lowest BCUT2D eigenvalue weighted by atomic mass is 10.0. The van der Waals surface area contributed by atoms with E-state index in [0.717, 1.165) is 89.9 Å². The van der Waals surface area contributed by atoms with Gasteiger partial charge in [-0.25, -0.2) is 0 Å². The zero-order valence-electron chi connectivity index (χ0n) is 47.5. The minimum atomic E-state index is -0.863. The van der Waals surface area contributed by atoms with Crippen LogP contribution in [-0.2, 0) is 14.3 Å². The van der Waals surface area contributed by atoms with Crippen molar-refractivity contribution in [1.82, 2.24) is 5.32 Å². The highest BCUT2D eigenvalue weighted by Crippen LogP contribution is 2.17. The van der Waals surface area contributed by atoms with E-state index in [9.17, 15) is 19.8 Å². The zero-order valence-corrected chi connectivity index (χ0v) is 47.5. The van der Waals surface area contributed by atoms with Crippen molar-refractivity contribution < 1.29 is 24.5 Å². The summed E-state index contributed by atoms with van der Waals surface area (Å²) in [5, 5.41) is 23.2. The van der Waals surface area contributed by atoms with Crippen LogP contribution in [0.3, 0.4) is 0 Å². The number of aliphatic hydroxyl groups is 2. The van der Waals surface area contributed by atoms with Crippen molar-refractivity contribution in [2.75, 3.05) is 13.2 Å². The molecule has 0 rings (SSSR count). The molecule has 0 aliphatic carbocycles. The lowest BCUT2D eigenvalue weighted by Crippen LogP contribution is -2.45. The van der Waals surface area contributed by atoms with Gasteiger partial charge in [0, 0.05) is 12.8 Å². The molecule has 0 aliphatic heterocycles. The van der Waals surface area contributed by atoms with Gasteiger partial charge in [0.15, 0.2) is 0 Å². The van der Waals surface area contributed by atoms with Gasteiger partial charge in [-0.3, -0.25) is 9.59 Å². The van der Waals surface area contributed by atoms with Crippen molar-refractivity contribution in [2.45, 2.75) is 341 Å². The van der Waals surface area contributed by atoms with E-state index < -0.39 is 12.1 Å². The third-order valence-electron chi connectivity index (χ3n) is 14.3. The van der Waals surface area contributed by atoms with Gasteiger partial charge in [0.1, 0.15) is 0 Å². The van der Waals surface area contributed by atoms with E-state index in [-0.39, 0.29) is 18.5 Å². The molecule has 2 atom stereocenters. The van der Waals surface area contributed by atoms with Crippen LogP contribution >= 0.6 is 0 Å². The second-order valence-corrected chi connectivity index (χ2v) is 21.4. The van der Waals surface area contributed by atoms with E-state index in [1.54, 1.807) is 6.08 Å². The second kappa shape index (κ2) is 60.4. The summed E-state index contributed by atoms with van der Waals surface area (Å²) in [7, 11) is 0. The number of unbranched alkanes of at least 4 members (excludes halogenated alkanes) is 41. The third kappa shape index (κ3) is 57.0. The number of hydrogen-bond donors (Lipinski definition) is 3. The van der Waals surface area contributed by atoms with Crippen molar-refractivity contribution in [3.8, 4) is 0 Å². The number of allylic oxidation sites excluding steroid dienone is 7. The van der Waals surface area contributed by atoms with E-state index >= 15 is 0 Å². The van der Waals surface area contributed by atoms with Crippen LogP contribution in [0.4, 0.5) is 0 Å². The van der Waals surface area contributed by atoms with Crippen molar-refractivity contribution >= 4 is 11.9 Å². The summed E-state index contributed by atoms with van der Waals surface area (Å²) in [6.07, 6.45) is 77.2. The minimum Gasteiger partial charge on any atom is -0.466 e. The number of carbonyl (C=O) groups excluding carboxylic acids is 2. The SMILES string of the molecule is CCCCC/C=C\C/C=C\CCCCCCCCCCCC(=O)OCCCCC/C=C\CCCCCCCC(=O)NC(CO)C(O)/C=C/CCCCCCCCCCCCCCCCCCCCCCC. The third-order valence-corrected chi connectivity index (χ3v) is 14.3. The lowest BCUT2D eigenvalue weighted by molar-refractivity contribution is -0.143. The fourth-order valence-corrected chi connectivity index (χ4v) is 9.48. The Labute approximate surface area is 442 Å². The molecule has 1 amide bonds. The summed E-state index contributed by atoms with van der Waals surface area (Å²) in [6, 6.07) is -0.649. The first-order valence-corrected chi connectivity index (χ1v) is 31.4. The van der Waals surface area contributed by atoms with Crippen LogP contribution in [0.15, 0.2) is 48.6 Å². The Balaban J connectivity index is 3.52. The minimum absolute atomic E-state index is 0.0279. The first-order chi connectivity index (χ1) is 35.0. The highest BCUT2D eigenvalue weighted by atomic mass is 16.5. The number of hydrogen-bond acceptors (Lipinski definition) is 5. The van der Waals surface area contributed by atoms with Crippen LogP contribution in [0.25, 0.3) is 0 Å². The Bertz CT molecular complexity index is 1190.